The van der Waals surface area contributed by atoms with E-state index in [9.17, 15) is 4.79 Å². The Balaban J connectivity index is 1.46. The number of hydrogen-bond acceptors (Lipinski definition) is 6. The average Bonchev–Trinajstić information content (AvgIpc) is 3.20. The molecule has 1 N–H and O–H groups in total. The molecule has 1 saturated heterocycles. The monoisotopic (exact) mass is 392 g/mol. The lowest BCUT2D eigenvalue weighted by molar-refractivity contribution is 0.0740. The quantitative estimate of drug-likeness (QED) is 0.722. The SMILES string of the molecule is O=C(c1[nH]ncc1Br)N1CCN(c2nc3cccnc3s2)CC1. The highest BCUT2D eigenvalue weighted by molar-refractivity contribution is 9.10. The van der Waals surface area contributed by atoms with E-state index in [1.165, 1.54) is 0 Å². The van der Waals surface area contributed by atoms with Gasteiger partial charge in [-0.2, -0.15) is 5.10 Å². The highest BCUT2D eigenvalue weighted by Crippen LogP contribution is 2.28. The number of fused-ring (bicyclic) bond motifs is 1. The van der Waals surface area contributed by atoms with Gasteiger partial charge in [-0.05, 0) is 28.1 Å². The minimum Gasteiger partial charge on any atom is -0.344 e. The fourth-order valence-electron chi connectivity index (χ4n) is 2.57. The molecule has 118 valence electrons. The summed E-state index contributed by atoms with van der Waals surface area (Å²) in [6.07, 6.45) is 3.38. The number of hydrogen-bond donors (Lipinski definition) is 1. The molecule has 0 unspecified atom stereocenters. The summed E-state index contributed by atoms with van der Waals surface area (Å²) >= 11 is 4.92. The molecule has 1 aliphatic heterocycles. The number of piperazine rings is 1. The first-order valence-corrected chi connectivity index (χ1v) is 8.78. The fourth-order valence-corrected chi connectivity index (χ4v) is 3.90. The van der Waals surface area contributed by atoms with Crippen LogP contribution in [-0.2, 0) is 0 Å². The molecule has 0 radical (unpaired) electrons. The third-order valence-corrected chi connectivity index (χ3v) is 5.44. The molecular formula is C14H13BrN6OS. The van der Waals surface area contributed by atoms with E-state index in [-0.39, 0.29) is 5.91 Å². The van der Waals surface area contributed by atoms with Crippen molar-refractivity contribution in [3.05, 3.63) is 34.7 Å². The lowest BCUT2D eigenvalue weighted by Crippen LogP contribution is -2.49. The molecule has 0 saturated carbocycles. The maximum Gasteiger partial charge on any atom is 0.273 e. The van der Waals surface area contributed by atoms with Crippen LogP contribution >= 0.6 is 27.3 Å². The number of thiazole rings is 1. The van der Waals surface area contributed by atoms with Crippen molar-refractivity contribution < 1.29 is 4.79 Å². The number of nitrogens with one attached hydrogen (secondary N) is 1. The number of rotatable bonds is 2. The molecule has 0 spiro atoms. The zero-order chi connectivity index (χ0) is 15.8. The number of H-pyrrole nitrogens is 1. The molecule has 23 heavy (non-hydrogen) atoms. The summed E-state index contributed by atoms with van der Waals surface area (Å²) in [6, 6.07) is 3.86. The van der Waals surface area contributed by atoms with Crippen LogP contribution in [0.2, 0.25) is 0 Å². The van der Waals surface area contributed by atoms with Gasteiger partial charge in [-0.3, -0.25) is 9.89 Å². The van der Waals surface area contributed by atoms with Crippen molar-refractivity contribution >= 4 is 48.7 Å². The Morgan fingerprint density at radius 3 is 2.83 bits per heavy atom. The molecule has 0 aliphatic carbocycles. The predicted octanol–water partition coefficient (Wildman–Crippen LogP) is 2.14. The van der Waals surface area contributed by atoms with Gasteiger partial charge in [0.2, 0.25) is 0 Å². The zero-order valence-corrected chi connectivity index (χ0v) is 14.5. The number of carbonyl (C=O) groups is 1. The van der Waals surface area contributed by atoms with E-state index in [1.807, 2.05) is 17.0 Å². The maximum atomic E-state index is 12.4. The molecule has 0 aromatic carbocycles. The van der Waals surface area contributed by atoms with Crippen LogP contribution in [0.4, 0.5) is 5.13 Å². The standard InChI is InChI=1S/C14H13BrN6OS/c15-9-8-17-19-11(9)13(22)20-4-6-21(7-5-20)14-18-10-2-1-3-16-12(10)23-14/h1-3,8H,4-7H2,(H,17,19). The number of halogens is 1. The second-order valence-electron chi connectivity index (χ2n) is 5.20. The summed E-state index contributed by atoms with van der Waals surface area (Å²) in [4.78, 5) is 26.4. The van der Waals surface area contributed by atoms with Gasteiger partial charge in [0.05, 0.1) is 10.7 Å². The maximum absolute atomic E-state index is 12.4. The largest absolute Gasteiger partial charge is 0.344 e. The second kappa shape index (κ2) is 5.89. The van der Waals surface area contributed by atoms with Gasteiger partial charge in [0.25, 0.3) is 5.91 Å². The van der Waals surface area contributed by atoms with Crippen molar-refractivity contribution in [1.82, 2.24) is 25.1 Å². The predicted molar refractivity (Wildman–Crippen MR) is 91.8 cm³/mol. The van der Waals surface area contributed by atoms with Crippen molar-refractivity contribution in [3.63, 3.8) is 0 Å². The Morgan fingerprint density at radius 1 is 1.30 bits per heavy atom. The van der Waals surface area contributed by atoms with E-state index in [4.69, 9.17) is 0 Å². The van der Waals surface area contributed by atoms with Crippen LogP contribution in [0.1, 0.15) is 10.5 Å². The topological polar surface area (TPSA) is 78.0 Å². The van der Waals surface area contributed by atoms with Crippen LogP contribution in [0.15, 0.2) is 29.0 Å². The molecule has 1 amide bonds. The molecule has 1 fully saturated rings. The molecular weight excluding hydrogens is 380 g/mol. The van der Waals surface area contributed by atoms with Crippen LogP contribution in [0.3, 0.4) is 0 Å². The van der Waals surface area contributed by atoms with Crippen LogP contribution in [0.25, 0.3) is 10.3 Å². The Labute approximate surface area is 144 Å². The fraction of sp³-hybridized carbons (Fsp3) is 0.286. The molecule has 4 rings (SSSR count). The Bertz CT molecular complexity index is 821. The minimum absolute atomic E-state index is 0.0278. The number of aromatic amines is 1. The number of amides is 1. The number of pyridine rings is 1. The van der Waals surface area contributed by atoms with Gasteiger partial charge >= 0.3 is 0 Å². The second-order valence-corrected chi connectivity index (χ2v) is 7.01. The van der Waals surface area contributed by atoms with E-state index in [2.05, 4.69) is 41.0 Å². The lowest BCUT2D eigenvalue weighted by Gasteiger charge is -2.34. The van der Waals surface area contributed by atoms with Gasteiger partial charge in [0.1, 0.15) is 16.0 Å². The first-order chi connectivity index (χ1) is 11.2. The van der Waals surface area contributed by atoms with E-state index in [1.54, 1.807) is 23.7 Å². The summed E-state index contributed by atoms with van der Waals surface area (Å²) < 4.78 is 0.696. The number of carbonyl (C=O) groups excluding carboxylic acids is 1. The summed E-state index contributed by atoms with van der Waals surface area (Å²) in [7, 11) is 0. The zero-order valence-electron chi connectivity index (χ0n) is 12.1. The van der Waals surface area contributed by atoms with Crippen LogP contribution < -0.4 is 4.90 Å². The van der Waals surface area contributed by atoms with Crippen LogP contribution in [-0.4, -0.2) is 57.2 Å². The van der Waals surface area contributed by atoms with Crippen LogP contribution in [0.5, 0.6) is 0 Å². The molecule has 4 heterocycles. The average molecular weight is 393 g/mol. The lowest BCUT2D eigenvalue weighted by atomic mass is 10.3. The van der Waals surface area contributed by atoms with Gasteiger partial charge in [0, 0.05) is 32.4 Å². The first-order valence-electron chi connectivity index (χ1n) is 7.17. The Hall–Kier alpha value is -2.00. The third kappa shape index (κ3) is 2.70. The van der Waals surface area contributed by atoms with Gasteiger partial charge in [0.15, 0.2) is 5.13 Å². The molecule has 3 aromatic rings. The summed E-state index contributed by atoms with van der Waals surface area (Å²) in [5, 5.41) is 7.59. The first kappa shape index (κ1) is 14.6. The van der Waals surface area contributed by atoms with E-state index in [0.717, 1.165) is 28.6 Å². The molecule has 7 nitrogen and oxygen atoms in total. The van der Waals surface area contributed by atoms with Gasteiger partial charge in [-0.15, -0.1) is 0 Å². The Kier molecular flexibility index (Phi) is 3.74. The molecule has 0 bridgehead atoms. The number of aromatic nitrogens is 4. The summed E-state index contributed by atoms with van der Waals surface area (Å²) in [5.41, 5.74) is 1.43. The number of anilines is 1. The van der Waals surface area contributed by atoms with E-state index in [0.29, 0.717) is 23.3 Å². The van der Waals surface area contributed by atoms with Gasteiger partial charge in [-0.25, -0.2) is 9.97 Å². The van der Waals surface area contributed by atoms with Crippen molar-refractivity contribution in [1.29, 1.82) is 0 Å². The van der Waals surface area contributed by atoms with Crippen molar-refractivity contribution in [2.45, 2.75) is 0 Å². The van der Waals surface area contributed by atoms with Crippen molar-refractivity contribution in [3.8, 4) is 0 Å². The van der Waals surface area contributed by atoms with Gasteiger partial charge < -0.3 is 9.80 Å². The highest BCUT2D eigenvalue weighted by atomic mass is 79.9. The minimum atomic E-state index is -0.0278. The highest BCUT2D eigenvalue weighted by Gasteiger charge is 2.25. The smallest absolute Gasteiger partial charge is 0.273 e. The summed E-state index contributed by atoms with van der Waals surface area (Å²) in [5.74, 6) is -0.0278. The van der Waals surface area contributed by atoms with Crippen LogP contribution in [0, 0.1) is 0 Å². The van der Waals surface area contributed by atoms with Gasteiger partial charge in [-0.1, -0.05) is 11.3 Å². The number of nitrogens with zero attached hydrogens (tertiary/aromatic N) is 5. The molecule has 3 aromatic heterocycles. The van der Waals surface area contributed by atoms with Crippen molar-refractivity contribution in [2.75, 3.05) is 31.1 Å². The van der Waals surface area contributed by atoms with E-state index < -0.39 is 0 Å². The third-order valence-electron chi connectivity index (χ3n) is 3.80. The Morgan fingerprint density at radius 2 is 2.13 bits per heavy atom. The molecule has 1 aliphatic rings. The van der Waals surface area contributed by atoms with E-state index >= 15 is 0 Å². The normalized spacial score (nSPS) is 15.3. The molecule has 0 atom stereocenters. The van der Waals surface area contributed by atoms with Crippen molar-refractivity contribution in [2.24, 2.45) is 0 Å². The molecule has 9 heteroatoms. The summed E-state index contributed by atoms with van der Waals surface area (Å²) in [6.45, 7) is 2.84.